The Kier molecular flexibility index (Phi) is 4.10. The van der Waals surface area contributed by atoms with Crippen molar-refractivity contribution < 1.29 is 4.39 Å². The van der Waals surface area contributed by atoms with Crippen LogP contribution in [0.3, 0.4) is 0 Å². The van der Waals surface area contributed by atoms with Gasteiger partial charge >= 0.3 is 0 Å². The minimum atomic E-state index is -0.363. The Labute approximate surface area is 117 Å². The molecular weight excluding hydrogens is 265 g/mol. The number of imidazole rings is 1. The van der Waals surface area contributed by atoms with Crippen molar-refractivity contribution in [2.24, 2.45) is 5.92 Å². The first-order valence-electron chi connectivity index (χ1n) is 6.22. The van der Waals surface area contributed by atoms with E-state index in [0.717, 1.165) is 12.2 Å². The number of benzene rings is 1. The van der Waals surface area contributed by atoms with Crippen molar-refractivity contribution in [2.45, 2.75) is 20.8 Å². The van der Waals surface area contributed by atoms with Crippen LogP contribution in [0.2, 0.25) is 5.02 Å². The van der Waals surface area contributed by atoms with Crippen LogP contribution in [-0.2, 0) is 0 Å². The highest BCUT2D eigenvalue weighted by Crippen LogP contribution is 2.22. The molecular formula is C14H17ClFN3. The summed E-state index contributed by atoms with van der Waals surface area (Å²) in [6, 6.07) is 4.62. The number of aromatic nitrogens is 2. The summed E-state index contributed by atoms with van der Waals surface area (Å²) >= 11 is 5.77. The monoisotopic (exact) mass is 281 g/mol. The molecule has 0 atom stereocenters. The van der Waals surface area contributed by atoms with Crippen LogP contribution in [0.4, 0.5) is 10.3 Å². The van der Waals surface area contributed by atoms with Crippen LogP contribution >= 0.6 is 11.6 Å². The summed E-state index contributed by atoms with van der Waals surface area (Å²) in [6.45, 7) is 6.88. The molecule has 0 unspecified atom stereocenters. The van der Waals surface area contributed by atoms with Gasteiger partial charge in [-0.15, -0.1) is 0 Å². The van der Waals surface area contributed by atoms with Crippen LogP contribution < -0.4 is 5.32 Å². The average Bonchev–Trinajstić information content (AvgIpc) is 2.67. The summed E-state index contributed by atoms with van der Waals surface area (Å²) in [4.78, 5) is 4.37. The molecule has 0 aliphatic rings. The molecule has 0 aliphatic carbocycles. The van der Waals surface area contributed by atoms with Gasteiger partial charge in [0.15, 0.2) is 0 Å². The normalized spacial score (nSPS) is 11.1. The maximum absolute atomic E-state index is 14.0. The zero-order chi connectivity index (χ0) is 14.0. The van der Waals surface area contributed by atoms with Gasteiger partial charge in [0.25, 0.3) is 0 Å². The molecule has 0 radical (unpaired) electrons. The van der Waals surface area contributed by atoms with Crippen LogP contribution in [0.25, 0.3) is 5.69 Å². The molecule has 5 heteroatoms. The van der Waals surface area contributed by atoms with E-state index in [1.54, 1.807) is 22.9 Å². The lowest BCUT2D eigenvalue weighted by atomic mass is 10.2. The Hall–Kier alpha value is -1.55. The van der Waals surface area contributed by atoms with Crippen molar-refractivity contribution in [1.82, 2.24) is 9.55 Å². The number of aryl methyl sites for hydroxylation is 1. The standard InChI is InChI=1S/C14H17ClFN3/c1-9(2)7-17-14-18-10(3)8-19(14)13-5-4-11(15)6-12(13)16/h4-6,8-9H,7H2,1-3H3,(H,17,18). The highest BCUT2D eigenvalue weighted by atomic mass is 35.5. The third kappa shape index (κ3) is 3.26. The van der Waals surface area contributed by atoms with Crippen molar-refractivity contribution in [3.05, 3.63) is 40.9 Å². The van der Waals surface area contributed by atoms with Crippen LogP contribution in [0, 0.1) is 18.7 Å². The molecule has 0 fully saturated rings. The molecule has 2 aromatic rings. The van der Waals surface area contributed by atoms with E-state index in [1.807, 2.05) is 6.92 Å². The van der Waals surface area contributed by atoms with E-state index in [4.69, 9.17) is 11.6 Å². The lowest BCUT2D eigenvalue weighted by Crippen LogP contribution is -2.12. The molecule has 1 aromatic carbocycles. The maximum Gasteiger partial charge on any atom is 0.207 e. The van der Waals surface area contributed by atoms with E-state index in [0.29, 0.717) is 22.6 Å². The highest BCUT2D eigenvalue weighted by Gasteiger charge is 2.11. The Morgan fingerprint density at radius 3 is 2.79 bits per heavy atom. The zero-order valence-corrected chi connectivity index (χ0v) is 12.0. The molecule has 0 aliphatic heterocycles. The van der Waals surface area contributed by atoms with Gasteiger partial charge in [0.2, 0.25) is 5.95 Å². The van der Waals surface area contributed by atoms with Gasteiger partial charge in [0.1, 0.15) is 5.82 Å². The fraction of sp³-hybridized carbons (Fsp3) is 0.357. The SMILES string of the molecule is Cc1cn(-c2ccc(Cl)cc2F)c(NCC(C)C)n1. The topological polar surface area (TPSA) is 29.9 Å². The zero-order valence-electron chi connectivity index (χ0n) is 11.2. The van der Waals surface area contributed by atoms with Crippen molar-refractivity contribution in [3.8, 4) is 5.69 Å². The molecule has 1 aromatic heterocycles. The minimum Gasteiger partial charge on any atom is -0.355 e. The van der Waals surface area contributed by atoms with Gasteiger partial charge in [-0.25, -0.2) is 9.37 Å². The van der Waals surface area contributed by atoms with E-state index in [9.17, 15) is 4.39 Å². The highest BCUT2D eigenvalue weighted by molar-refractivity contribution is 6.30. The molecule has 1 heterocycles. The summed E-state index contributed by atoms with van der Waals surface area (Å²) in [7, 11) is 0. The summed E-state index contributed by atoms with van der Waals surface area (Å²) in [5.41, 5.74) is 1.27. The second-order valence-corrected chi connectivity index (χ2v) is 5.38. The number of rotatable bonds is 4. The third-order valence-corrected chi connectivity index (χ3v) is 2.90. The Morgan fingerprint density at radius 1 is 1.42 bits per heavy atom. The van der Waals surface area contributed by atoms with E-state index >= 15 is 0 Å². The van der Waals surface area contributed by atoms with Crippen LogP contribution in [0.1, 0.15) is 19.5 Å². The number of halogens is 2. The Morgan fingerprint density at radius 2 is 2.16 bits per heavy atom. The maximum atomic E-state index is 14.0. The van der Waals surface area contributed by atoms with Gasteiger partial charge in [0.05, 0.1) is 11.4 Å². The molecule has 2 rings (SSSR count). The minimum absolute atomic E-state index is 0.363. The van der Waals surface area contributed by atoms with E-state index in [2.05, 4.69) is 24.1 Å². The summed E-state index contributed by atoms with van der Waals surface area (Å²) < 4.78 is 15.7. The quantitative estimate of drug-likeness (QED) is 0.916. The molecule has 0 saturated heterocycles. The number of anilines is 1. The van der Waals surface area contributed by atoms with Crippen LogP contribution in [0.15, 0.2) is 24.4 Å². The van der Waals surface area contributed by atoms with Crippen LogP contribution in [-0.4, -0.2) is 16.1 Å². The van der Waals surface area contributed by atoms with Crippen molar-refractivity contribution in [3.63, 3.8) is 0 Å². The fourth-order valence-electron chi connectivity index (χ4n) is 1.78. The first-order chi connectivity index (χ1) is 8.97. The van der Waals surface area contributed by atoms with Crippen molar-refractivity contribution >= 4 is 17.5 Å². The number of nitrogens with one attached hydrogen (secondary N) is 1. The summed E-state index contributed by atoms with van der Waals surface area (Å²) in [6.07, 6.45) is 1.80. The molecule has 3 nitrogen and oxygen atoms in total. The van der Waals surface area contributed by atoms with Gasteiger partial charge in [0, 0.05) is 17.8 Å². The van der Waals surface area contributed by atoms with E-state index in [1.165, 1.54) is 6.07 Å². The number of nitrogens with zero attached hydrogens (tertiary/aromatic N) is 2. The van der Waals surface area contributed by atoms with Crippen LogP contribution in [0.5, 0.6) is 0 Å². The first kappa shape index (κ1) is 13.9. The molecule has 0 saturated carbocycles. The van der Waals surface area contributed by atoms with Crippen molar-refractivity contribution in [1.29, 1.82) is 0 Å². The summed E-state index contributed by atoms with van der Waals surface area (Å²) in [5, 5.41) is 3.61. The number of hydrogen-bond acceptors (Lipinski definition) is 2. The predicted molar refractivity (Wildman–Crippen MR) is 76.6 cm³/mol. The van der Waals surface area contributed by atoms with Gasteiger partial charge in [-0.2, -0.15) is 0 Å². The molecule has 0 bridgehead atoms. The molecule has 1 N–H and O–H groups in total. The average molecular weight is 282 g/mol. The predicted octanol–water partition coefficient (Wildman–Crippen LogP) is 4.04. The van der Waals surface area contributed by atoms with E-state index < -0.39 is 0 Å². The fourth-order valence-corrected chi connectivity index (χ4v) is 1.94. The molecule has 0 spiro atoms. The summed E-state index contributed by atoms with van der Waals surface area (Å²) in [5.74, 6) is 0.769. The van der Waals surface area contributed by atoms with Gasteiger partial charge < -0.3 is 5.32 Å². The first-order valence-corrected chi connectivity index (χ1v) is 6.60. The largest absolute Gasteiger partial charge is 0.355 e. The Balaban J connectivity index is 2.38. The second-order valence-electron chi connectivity index (χ2n) is 4.95. The lowest BCUT2D eigenvalue weighted by molar-refractivity contribution is 0.617. The molecule has 102 valence electrons. The molecule has 19 heavy (non-hydrogen) atoms. The Bertz CT molecular complexity index is 578. The lowest BCUT2D eigenvalue weighted by Gasteiger charge is -2.12. The smallest absolute Gasteiger partial charge is 0.207 e. The van der Waals surface area contributed by atoms with Gasteiger partial charge in [-0.1, -0.05) is 25.4 Å². The van der Waals surface area contributed by atoms with Crippen molar-refractivity contribution in [2.75, 3.05) is 11.9 Å². The second kappa shape index (κ2) is 5.61. The van der Waals surface area contributed by atoms with E-state index in [-0.39, 0.29) is 5.82 Å². The van der Waals surface area contributed by atoms with Gasteiger partial charge in [-0.3, -0.25) is 4.57 Å². The van der Waals surface area contributed by atoms with Gasteiger partial charge in [-0.05, 0) is 31.0 Å². The third-order valence-electron chi connectivity index (χ3n) is 2.66. The number of hydrogen-bond donors (Lipinski definition) is 1. The molecule has 0 amide bonds.